The van der Waals surface area contributed by atoms with Gasteiger partial charge in [-0.2, -0.15) is 0 Å². The van der Waals surface area contributed by atoms with Crippen molar-refractivity contribution in [3.8, 4) is 0 Å². The molecule has 0 spiro atoms. The average molecular weight is 694 g/mol. The number of Topliss-reactive ketones (excluding diaryl/α,β-unsaturated/α-hetero) is 2. The maximum atomic E-state index is 13.3. The zero-order valence-corrected chi connectivity index (χ0v) is 30.5. The van der Waals surface area contributed by atoms with Crippen molar-refractivity contribution in [2.75, 3.05) is 0 Å². The van der Waals surface area contributed by atoms with Crippen LogP contribution in [0.1, 0.15) is 123 Å². The van der Waals surface area contributed by atoms with Gasteiger partial charge in [0, 0.05) is 30.6 Å². The number of hydrogen-bond acceptors (Lipinski definition) is 7. The number of hydrogen-bond donors (Lipinski definition) is 3. The highest BCUT2D eigenvalue weighted by Gasteiger charge is 2.37. The van der Waals surface area contributed by atoms with Crippen LogP contribution in [0.4, 0.5) is 0 Å². The second-order valence-corrected chi connectivity index (χ2v) is 15.1. The van der Waals surface area contributed by atoms with E-state index in [4.69, 9.17) is 4.74 Å². The fourth-order valence-electron chi connectivity index (χ4n) is 8.45. The molecule has 0 saturated heterocycles. The fourth-order valence-corrected chi connectivity index (χ4v) is 8.45. The van der Waals surface area contributed by atoms with Gasteiger partial charge in [0.05, 0.1) is 12.1 Å². The van der Waals surface area contributed by atoms with Gasteiger partial charge in [-0.1, -0.05) is 62.9 Å². The van der Waals surface area contributed by atoms with E-state index in [0.29, 0.717) is 31.6 Å². The highest BCUT2D eigenvalue weighted by molar-refractivity contribution is 5.91. The highest BCUT2D eigenvalue weighted by atomic mass is 16.5. The van der Waals surface area contributed by atoms with Crippen LogP contribution in [-0.2, 0) is 40.1 Å². The summed E-state index contributed by atoms with van der Waals surface area (Å²) in [5.41, 5.74) is 0.872. The Labute approximate surface area is 298 Å². The lowest BCUT2D eigenvalue weighted by Crippen LogP contribution is -2.44. The molecule has 10 heteroatoms. The molecular formula is C40H59N3O7. The molecule has 3 amide bonds. The first-order valence-corrected chi connectivity index (χ1v) is 19.2. The van der Waals surface area contributed by atoms with E-state index in [1.807, 2.05) is 30.3 Å². The van der Waals surface area contributed by atoms with Crippen LogP contribution in [0.25, 0.3) is 0 Å². The van der Waals surface area contributed by atoms with E-state index in [0.717, 1.165) is 63.4 Å². The first-order chi connectivity index (χ1) is 24.0. The molecule has 0 heterocycles. The summed E-state index contributed by atoms with van der Waals surface area (Å²) in [5, 5.41) is 8.70. The molecular weight excluding hydrogens is 634 g/mol. The normalized spacial score (nSPS) is 26.4. The van der Waals surface area contributed by atoms with Gasteiger partial charge in [-0.15, -0.1) is 0 Å². The molecule has 1 aromatic carbocycles. The van der Waals surface area contributed by atoms with Gasteiger partial charge in [0.2, 0.25) is 17.7 Å². The minimum Gasteiger partial charge on any atom is -0.459 e. The first kappa shape index (κ1) is 39.2. The molecule has 3 aliphatic rings. The monoisotopic (exact) mass is 693 g/mol. The van der Waals surface area contributed by atoms with Crippen molar-refractivity contribution in [1.82, 2.24) is 16.0 Å². The third-order valence-corrected chi connectivity index (χ3v) is 11.7. The molecule has 0 bridgehead atoms. The molecule has 10 nitrogen and oxygen atoms in total. The van der Waals surface area contributed by atoms with Gasteiger partial charge in [-0.25, -0.2) is 4.79 Å². The number of ketones is 2. The summed E-state index contributed by atoms with van der Waals surface area (Å²) in [7, 11) is 0. The maximum absolute atomic E-state index is 13.3. The molecule has 0 aliphatic heterocycles. The van der Waals surface area contributed by atoms with Crippen LogP contribution >= 0.6 is 0 Å². The van der Waals surface area contributed by atoms with Gasteiger partial charge in [-0.3, -0.25) is 24.0 Å². The summed E-state index contributed by atoms with van der Waals surface area (Å²) in [6.45, 7) is 7.35. The van der Waals surface area contributed by atoms with Gasteiger partial charge in [-0.05, 0) is 95.5 Å². The molecule has 3 fully saturated rings. The van der Waals surface area contributed by atoms with Crippen molar-refractivity contribution >= 4 is 35.3 Å². The summed E-state index contributed by atoms with van der Waals surface area (Å²) in [6, 6.07) is 7.41. The number of carbonyl (C=O) groups is 6. The molecule has 3 aliphatic carbocycles. The Morgan fingerprint density at radius 2 is 1.04 bits per heavy atom. The molecule has 3 N–H and O–H groups in total. The van der Waals surface area contributed by atoms with Gasteiger partial charge in [0.1, 0.15) is 12.6 Å². The van der Waals surface area contributed by atoms with Crippen LogP contribution in [0.5, 0.6) is 0 Å². The maximum Gasteiger partial charge on any atom is 0.328 e. The fraction of sp³-hybridized carbons (Fsp3) is 0.700. The topological polar surface area (TPSA) is 148 Å². The summed E-state index contributed by atoms with van der Waals surface area (Å²) < 4.78 is 5.37. The van der Waals surface area contributed by atoms with Crippen molar-refractivity contribution in [3.63, 3.8) is 0 Å². The van der Waals surface area contributed by atoms with Crippen molar-refractivity contribution in [3.05, 3.63) is 35.9 Å². The van der Waals surface area contributed by atoms with E-state index in [9.17, 15) is 28.8 Å². The summed E-state index contributed by atoms with van der Waals surface area (Å²) in [5.74, 6) is -0.911. The second kappa shape index (κ2) is 19.2. The number of carbonyl (C=O) groups excluding carboxylic acids is 6. The Balaban J connectivity index is 1.16. The molecule has 0 radical (unpaired) electrons. The third-order valence-electron chi connectivity index (χ3n) is 11.7. The first-order valence-electron chi connectivity index (χ1n) is 19.2. The third kappa shape index (κ3) is 11.0. The molecule has 4 rings (SSSR count). The summed E-state index contributed by atoms with van der Waals surface area (Å²) >= 11 is 0. The minimum absolute atomic E-state index is 0.00113. The van der Waals surface area contributed by atoms with Gasteiger partial charge in [0.15, 0.2) is 11.6 Å². The predicted octanol–water partition coefficient (Wildman–Crippen LogP) is 5.60. The highest BCUT2D eigenvalue weighted by Crippen LogP contribution is 2.37. The van der Waals surface area contributed by atoms with Crippen molar-refractivity contribution in [2.45, 2.75) is 142 Å². The van der Waals surface area contributed by atoms with Crippen molar-refractivity contribution in [2.24, 2.45) is 35.5 Å². The van der Waals surface area contributed by atoms with Crippen LogP contribution in [0, 0.1) is 35.5 Å². The predicted molar refractivity (Wildman–Crippen MR) is 190 cm³/mol. The lowest BCUT2D eigenvalue weighted by molar-refractivity contribution is -0.149. The van der Waals surface area contributed by atoms with E-state index >= 15 is 0 Å². The number of nitrogens with one attached hydrogen (secondary N) is 3. The quantitative estimate of drug-likeness (QED) is 0.170. The standard InChI is InChI=1S/C40H59N3O7/c1-5-29-14-9-17-32(29)37(46)41-25(2)35(44)22-20-30-15-10-18-33(30)38(47)42-26(3)36(45)23-21-31-16-11-19-34(31)39(48)43-27(4)40(49)50-24-28-12-7-6-8-13-28/h6-8,12-13,25-27,29-34H,5,9-11,14-24H2,1-4H3,(H,41,46)(H,42,47)(H,43,48)/t25-,26-,27-,29-,30+,31+,32-,33-,34-/m1/s1. The van der Waals surface area contributed by atoms with Crippen LogP contribution in [0.15, 0.2) is 30.3 Å². The van der Waals surface area contributed by atoms with E-state index in [-0.39, 0.29) is 71.9 Å². The SMILES string of the molecule is CC[C@@H]1CCC[C@H]1C(=O)N[C@H](C)C(=O)CC[C@@H]1CCC[C@H]1C(=O)N[C@H](C)C(=O)CC[C@@H]1CCC[C@H]1C(=O)N[C@H](C)C(=O)OCc1ccccc1. The Morgan fingerprint density at radius 3 is 1.50 bits per heavy atom. The molecule has 3 saturated carbocycles. The van der Waals surface area contributed by atoms with Gasteiger partial charge >= 0.3 is 5.97 Å². The average Bonchev–Trinajstić information content (AvgIpc) is 3.90. The van der Waals surface area contributed by atoms with Crippen LogP contribution in [0.3, 0.4) is 0 Å². The van der Waals surface area contributed by atoms with Gasteiger partial charge < -0.3 is 20.7 Å². The smallest absolute Gasteiger partial charge is 0.328 e. The van der Waals surface area contributed by atoms with Gasteiger partial charge in [0.25, 0.3) is 0 Å². The number of amides is 3. The summed E-state index contributed by atoms with van der Waals surface area (Å²) in [4.78, 5) is 77.7. The van der Waals surface area contributed by atoms with Crippen molar-refractivity contribution in [1.29, 1.82) is 0 Å². The van der Waals surface area contributed by atoms with Crippen LogP contribution in [-0.4, -0.2) is 53.4 Å². The van der Waals surface area contributed by atoms with E-state index in [2.05, 4.69) is 22.9 Å². The minimum atomic E-state index is -0.776. The summed E-state index contributed by atoms with van der Waals surface area (Å²) in [6.07, 6.45) is 10.6. The number of rotatable bonds is 18. The molecule has 50 heavy (non-hydrogen) atoms. The van der Waals surface area contributed by atoms with Crippen LogP contribution in [0.2, 0.25) is 0 Å². The molecule has 9 atom stereocenters. The Bertz CT molecular complexity index is 1330. The Hall–Kier alpha value is -3.56. The Morgan fingerprint density at radius 1 is 0.620 bits per heavy atom. The molecule has 1 aromatic rings. The van der Waals surface area contributed by atoms with Crippen LogP contribution < -0.4 is 16.0 Å². The van der Waals surface area contributed by atoms with E-state index in [1.54, 1.807) is 20.8 Å². The van der Waals surface area contributed by atoms with Crippen molar-refractivity contribution < 1.29 is 33.5 Å². The lowest BCUT2D eigenvalue weighted by Gasteiger charge is -2.24. The number of benzene rings is 1. The zero-order valence-electron chi connectivity index (χ0n) is 30.5. The second-order valence-electron chi connectivity index (χ2n) is 15.1. The largest absolute Gasteiger partial charge is 0.459 e. The lowest BCUT2D eigenvalue weighted by atomic mass is 9.88. The van der Waals surface area contributed by atoms with E-state index in [1.165, 1.54) is 0 Å². The molecule has 0 aromatic heterocycles. The number of esters is 1. The number of ether oxygens (including phenoxy) is 1. The zero-order chi connectivity index (χ0) is 36.2. The Kier molecular flexibility index (Phi) is 15.0. The molecule has 276 valence electrons. The molecule has 0 unspecified atom stereocenters. The van der Waals surface area contributed by atoms with E-state index < -0.39 is 24.1 Å².